The molecule has 3 nitrogen and oxygen atoms in total. The van der Waals surface area contributed by atoms with Crippen LogP contribution in [0.2, 0.25) is 5.02 Å². The zero-order chi connectivity index (χ0) is 13.1. The lowest BCUT2D eigenvalue weighted by Crippen LogP contribution is -2.20. The van der Waals surface area contributed by atoms with E-state index in [1.165, 1.54) is 0 Å². The van der Waals surface area contributed by atoms with Crippen molar-refractivity contribution in [2.45, 2.75) is 20.4 Å². The van der Waals surface area contributed by atoms with Crippen molar-refractivity contribution >= 4 is 23.2 Å². The number of hydrogen-bond donors (Lipinski definition) is 1. The van der Waals surface area contributed by atoms with Gasteiger partial charge in [0.05, 0.1) is 10.7 Å². The van der Waals surface area contributed by atoms with Crippen LogP contribution >= 0.6 is 11.6 Å². The lowest BCUT2D eigenvalue weighted by atomic mass is 10.3. The summed E-state index contributed by atoms with van der Waals surface area (Å²) in [4.78, 5) is 11.9. The van der Waals surface area contributed by atoms with Crippen molar-refractivity contribution < 1.29 is 4.79 Å². The smallest absolute Gasteiger partial charge is 0.244 e. The second kappa shape index (κ2) is 5.27. The molecule has 94 valence electrons. The van der Waals surface area contributed by atoms with E-state index in [0.717, 1.165) is 11.4 Å². The molecule has 0 spiro atoms. The van der Waals surface area contributed by atoms with Gasteiger partial charge in [-0.25, -0.2) is 0 Å². The van der Waals surface area contributed by atoms with Gasteiger partial charge in [0.15, 0.2) is 0 Å². The lowest BCUT2D eigenvalue weighted by Gasteiger charge is -2.10. The molecule has 1 N–H and O–H groups in total. The van der Waals surface area contributed by atoms with Crippen LogP contribution in [0.4, 0.5) is 5.69 Å². The second-order valence-corrected chi connectivity index (χ2v) is 4.64. The monoisotopic (exact) mass is 262 g/mol. The average molecular weight is 263 g/mol. The molecule has 1 aromatic carbocycles. The number of aryl methyl sites for hydroxylation is 2. The van der Waals surface area contributed by atoms with E-state index in [1.54, 1.807) is 12.1 Å². The van der Waals surface area contributed by atoms with Crippen LogP contribution in [0.1, 0.15) is 11.4 Å². The maximum absolute atomic E-state index is 11.9. The van der Waals surface area contributed by atoms with Crippen LogP contribution in [-0.4, -0.2) is 10.5 Å². The number of rotatable bonds is 3. The predicted octanol–water partition coefficient (Wildman–Crippen LogP) is 3.40. The Balaban J connectivity index is 2.08. The summed E-state index contributed by atoms with van der Waals surface area (Å²) >= 11 is 5.99. The van der Waals surface area contributed by atoms with Crippen LogP contribution in [0.25, 0.3) is 0 Å². The summed E-state index contributed by atoms with van der Waals surface area (Å²) in [6, 6.07) is 11.2. The molecule has 0 saturated carbocycles. The second-order valence-electron chi connectivity index (χ2n) is 4.23. The van der Waals surface area contributed by atoms with E-state index in [0.29, 0.717) is 17.3 Å². The van der Waals surface area contributed by atoms with E-state index in [-0.39, 0.29) is 5.91 Å². The van der Waals surface area contributed by atoms with Crippen LogP contribution in [0.3, 0.4) is 0 Å². The van der Waals surface area contributed by atoms with Crippen molar-refractivity contribution in [3.63, 3.8) is 0 Å². The van der Waals surface area contributed by atoms with Crippen LogP contribution < -0.4 is 5.32 Å². The van der Waals surface area contributed by atoms with Crippen molar-refractivity contribution in [3.05, 3.63) is 52.8 Å². The van der Waals surface area contributed by atoms with Gasteiger partial charge in [-0.05, 0) is 38.1 Å². The van der Waals surface area contributed by atoms with Gasteiger partial charge < -0.3 is 9.88 Å². The molecule has 0 bridgehead atoms. The van der Waals surface area contributed by atoms with Crippen LogP contribution in [0, 0.1) is 13.8 Å². The Morgan fingerprint density at radius 1 is 1.17 bits per heavy atom. The molecule has 0 atom stereocenters. The number of anilines is 1. The van der Waals surface area contributed by atoms with Crippen molar-refractivity contribution in [1.29, 1.82) is 0 Å². The molecule has 0 unspecified atom stereocenters. The minimum Gasteiger partial charge on any atom is -0.340 e. The number of nitrogens with zero attached hydrogens (tertiary/aromatic N) is 1. The minimum atomic E-state index is -0.0782. The van der Waals surface area contributed by atoms with E-state index in [9.17, 15) is 4.79 Å². The maximum Gasteiger partial charge on any atom is 0.244 e. The highest BCUT2D eigenvalue weighted by Crippen LogP contribution is 2.20. The van der Waals surface area contributed by atoms with Crippen LogP contribution in [0.15, 0.2) is 36.4 Å². The van der Waals surface area contributed by atoms with Gasteiger partial charge in [-0.1, -0.05) is 23.7 Å². The fourth-order valence-electron chi connectivity index (χ4n) is 1.84. The number of nitrogens with one attached hydrogen (secondary N) is 1. The van der Waals surface area contributed by atoms with Gasteiger partial charge in [-0.3, -0.25) is 4.79 Å². The van der Waals surface area contributed by atoms with E-state index in [2.05, 4.69) is 5.32 Å². The number of hydrogen-bond acceptors (Lipinski definition) is 1. The molecule has 2 rings (SSSR count). The molecule has 1 heterocycles. The molecule has 0 fully saturated rings. The summed E-state index contributed by atoms with van der Waals surface area (Å²) in [6.07, 6.45) is 0. The molecule has 0 radical (unpaired) electrons. The summed E-state index contributed by atoms with van der Waals surface area (Å²) in [7, 11) is 0. The highest BCUT2D eigenvalue weighted by molar-refractivity contribution is 6.33. The third-order valence-electron chi connectivity index (χ3n) is 2.87. The number of aromatic nitrogens is 1. The SMILES string of the molecule is Cc1ccc(C)n1CC(=O)Nc1ccccc1Cl. The fraction of sp³-hybridized carbons (Fsp3) is 0.214. The Hall–Kier alpha value is -1.74. The quantitative estimate of drug-likeness (QED) is 0.904. The molecular weight excluding hydrogens is 248 g/mol. The van der Waals surface area contributed by atoms with E-state index < -0.39 is 0 Å². The van der Waals surface area contributed by atoms with Crippen molar-refractivity contribution in [1.82, 2.24) is 4.57 Å². The first-order valence-electron chi connectivity index (χ1n) is 5.75. The number of carbonyl (C=O) groups excluding carboxylic acids is 1. The Morgan fingerprint density at radius 3 is 2.39 bits per heavy atom. The molecule has 1 aromatic heterocycles. The largest absolute Gasteiger partial charge is 0.340 e. The number of para-hydroxylation sites is 1. The van der Waals surface area contributed by atoms with Gasteiger partial charge in [-0.2, -0.15) is 0 Å². The molecule has 0 aliphatic rings. The topological polar surface area (TPSA) is 34.0 Å². The highest BCUT2D eigenvalue weighted by atomic mass is 35.5. The van der Waals surface area contributed by atoms with E-state index in [4.69, 9.17) is 11.6 Å². The van der Waals surface area contributed by atoms with E-state index >= 15 is 0 Å². The zero-order valence-corrected chi connectivity index (χ0v) is 11.2. The number of benzene rings is 1. The van der Waals surface area contributed by atoms with Gasteiger partial charge in [-0.15, -0.1) is 0 Å². The zero-order valence-electron chi connectivity index (χ0n) is 10.4. The Labute approximate surface area is 111 Å². The van der Waals surface area contributed by atoms with Gasteiger partial charge in [0.1, 0.15) is 6.54 Å². The highest BCUT2D eigenvalue weighted by Gasteiger charge is 2.08. The Morgan fingerprint density at radius 2 is 1.78 bits per heavy atom. The van der Waals surface area contributed by atoms with Gasteiger partial charge in [0, 0.05) is 11.4 Å². The van der Waals surface area contributed by atoms with Crippen molar-refractivity contribution in [2.75, 3.05) is 5.32 Å². The molecule has 2 aromatic rings. The molecule has 0 saturated heterocycles. The molecule has 1 amide bonds. The molecule has 4 heteroatoms. The summed E-state index contributed by atoms with van der Waals surface area (Å²) in [5, 5.41) is 3.36. The Bertz CT molecular complexity index is 555. The van der Waals surface area contributed by atoms with Gasteiger partial charge in [0.25, 0.3) is 0 Å². The summed E-state index contributed by atoms with van der Waals surface area (Å²) in [5.41, 5.74) is 2.79. The third kappa shape index (κ3) is 2.74. The standard InChI is InChI=1S/C14H15ClN2O/c1-10-7-8-11(2)17(10)9-14(18)16-13-6-4-3-5-12(13)15/h3-8H,9H2,1-2H3,(H,16,18). The molecule has 0 aliphatic carbocycles. The molecule has 18 heavy (non-hydrogen) atoms. The van der Waals surface area contributed by atoms with Crippen molar-refractivity contribution in [3.8, 4) is 0 Å². The first kappa shape index (κ1) is 12.7. The van der Waals surface area contributed by atoms with E-state index in [1.807, 2.05) is 42.7 Å². The van der Waals surface area contributed by atoms with Crippen LogP contribution in [0.5, 0.6) is 0 Å². The number of halogens is 1. The van der Waals surface area contributed by atoms with Crippen molar-refractivity contribution in [2.24, 2.45) is 0 Å². The first-order valence-corrected chi connectivity index (χ1v) is 6.13. The minimum absolute atomic E-state index is 0.0782. The summed E-state index contributed by atoms with van der Waals surface area (Å²) in [6.45, 7) is 4.27. The summed E-state index contributed by atoms with van der Waals surface area (Å²) < 4.78 is 1.96. The lowest BCUT2D eigenvalue weighted by molar-refractivity contribution is -0.116. The maximum atomic E-state index is 11.9. The van der Waals surface area contributed by atoms with Gasteiger partial charge in [0.2, 0.25) is 5.91 Å². The predicted molar refractivity (Wildman–Crippen MR) is 74.0 cm³/mol. The summed E-state index contributed by atoms with van der Waals surface area (Å²) in [5.74, 6) is -0.0782. The number of amides is 1. The first-order chi connectivity index (χ1) is 8.58. The number of carbonyl (C=O) groups is 1. The fourth-order valence-corrected chi connectivity index (χ4v) is 2.03. The third-order valence-corrected chi connectivity index (χ3v) is 3.20. The van der Waals surface area contributed by atoms with Crippen LogP contribution in [-0.2, 0) is 11.3 Å². The molecule has 0 aliphatic heterocycles. The molecular formula is C14H15ClN2O. The van der Waals surface area contributed by atoms with Gasteiger partial charge >= 0.3 is 0 Å². The average Bonchev–Trinajstić information content (AvgIpc) is 2.64. The normalized spacial score (nSPS) is 10.4. The Kier molecular flexibility index (Phi) is 3.72.